The molecule has 19 heavy (non-hydrogen) atoms. The number of nitrogens with one attached hydrogen (secondary N) is 1. The molecule has 102 valence electrons. The Labute approximate surface area is 120 Å². The minimum atomic E-state index is 0.244. The van der Waals surface area contributed by atoms with Gasteiger partial charge in [-0.3, -0.25) is 0 Å². The lowest BCUT2D eigenvalue weighted by Gasteiger charge is -2.17. The molecule has 0 radical (unpaired) electrons. The second kappa shape index (κ2) is 5.89. The fraction of sp³-hybridized carbons (Fsp3) is 0.412. The van der Waals surface area contributed by atoms with E-state index in [1.54, 1.807) is 0 Å². The number of rotatable bonds is 4. The molecule has 0 aliphatic rings. The van der Waals surface area contributed by atoms with Gasteiger partial charge in [0, 0.05) is 15.8 Å². The van der Waals surface area contributed by atoms with Crippen LogP contribution in [0.15, 0.2) is 42.5 Å². The summed E-state index contributed by atoms with van der Waals surface area (Å²) in [6, 6.07) is 15.6. The zero-order valence-corrected chi connectivity index (χ0v) is 13.1. The smallest absolute Gasteiger partial charge is 0.0453 e. The van der Waals surface area contributed by atoms with Crippen molar-refractivity contribution in [2.75, 3.05) is 7.05 Å². The van der Waals surface area contributed by atoms with Crippen molar-refractivity contribution in [3.8, 4) is 0 Å². The minimum absolute atomic E-state index is 0.244. The van der Waals surface area contributed by atoms with Crippen molar-refractivity contribution in [3.63, 3.8) is 0 Å². The molecule has 2 rings (SSSR count). The van der Waals surface area contributed by atoms with Crippen molar-refractivity contribution in [1.29, 1.82) is 0 Å². The van der Waals surface area contributed by atoms with Gasteiger partial charge in [0.1, 0.15) is 0 Å². The fourth-order valence-electron chi connectivity index (χ4n) is 2.14. The molecule has 0 fully saturated rings. The maximum absolute atomic E-state index is 3.44. The molecule has 0 bridgehead atoms. The first-order valence-electron chi connectivity index (χ1n) is 6.82. The van der Waals surface area contributed by atoms with Crippen LogP contribution in [0.1, 0.15) is 42.1 Å². The van der Waals surface area contributed by atoms with Crippen LogP contribution in [0.25, 0.3) is 0 Å². The molecule has 0 aliphatic carbocycles. The quantitative estimate of drug-likeness (QED) is 0.862. The van der Waals surface area contributed by atoms with Crippen LogP contribution >= 0.6 is 11.3 Å². The van der Waals surface area contributed by atoms with Crippen LogP contribution in [0.2, 0.25) is 0 Å². The molecule has 1 heterocycles. The van der Waals surface area contributed by atoms with Gasteiger partial charge in [0.15, 0.2) is 0 Å². The molecule has 1 atom stereocenters. The topological polar surface area (TPSA) is 12.0 Å². The highest BCUT2D eigenvalue weighted by Gasteiger charge is 2.19. The van der Waals surface area contributed by atoms with E-state index in [2.05, 4.69) is 68.6 Å². The highest BCUT2D eigenvalue weighted by molar-refractivity contribution is 7.12. The number of hydrogen-bond donors (Lipinski definition) is 1. The molecule has 1 N–H and O–H groups in total. The Bertz CT molecular complexity index is 508. The van der Waals surface area contributed by atoms with Crippen LogP contribution < -0.4 is 5.32 Å². The first-order chi connectivity index (χ1) is 9.00. The normalized spacial score (nSPS) is 13.5. The molecule has 2 heteroatoms. The van der Waals surface area contributed by atoms with E-state index >= 15 is 0 Å². The Kier molecular flexibility index (Phi) is 4.43. The predicted molar refractivity (Wildman–Crippen MR) is 85.0 cm³/mol. The van der Waals surface area contributed by atoms with Crippen LogP contribution in [-0.2, 0) is 11.8 Å². The van der Waals surface area contributed by atoms with Crippen molar-refractivity contribution in [2.45, 2.75) is 38.6 Å². The van der Waals surface area contributed by atoms with Gasteiger partial charge in [0.2, 0.25) is 0 Å². The minimum Gasteiger partial charge on any atom is -0.312 e. The van der Waals surface area contributed by atoms with Crippen LogP contribution in [0.5, 0.6) is 0 Å². The van der Waals surface area contributed by atoms with E-state index in [-0.39, 0.29) is 5.41 Å². The van der Waals surface area contributed by atoms with Crippen LogP contribution in [0, 0.1) is 0 Å². The summed E-state index contributed by atoms with van der Waals surface area (Å²) in [5.74, 6) is 0. The molecule has 1 aromatic carbocycles. The van der Waals surface area contributed by atoms with Gasteiger partial charge in [0.05, 0.1) is 0 Å². The van der Waals surface area contributed by atoms with Gasteiger partial charge in [0.25, 0.3) is 0 Å². The van der Waals surface area contributed by atoms with E-state index in [0.29, 0.717) is 6.04 Å². The maximum atomic E-state index is 3.44. The summed E-state index contributed by atoms with van der Waals surface area (Å²) in [6.07, 6.45) is 1.04. The predicted octanol–water partition coefficient (Wildman–Crippen LogP) is 4.55. The summed E-state index contributed by atoms with van der Waals surface area (Å²) in [4.78, 5) is 2.88. The van der Waals surface area contributed by atoms with Crippen molar-refractivity contribution in [2.24, 2.45) is 0 Å². The Morgan fingerprint density at radius 1 is 1.05 bits per heavy atom. The Morgan fingerprint density at radius 3 is 2.26 bits per heavy atom. The molecule has 0 saturated heterocycles. The van der Waals surface area contributed by atoms with Crippen molar-refractivity contribution < 1.29 is 0 Å². The van der Waals surface area contributed by atoms with Gasteiger partial charge >= 0.3 is 0 Å². The van der Waals surface area contributed by atoms with Gasteiger partial charge < -0.3 is 5.32 Å². The maximum Gasteiger partial charge on any atom is 0.0453 e. The first kappa shape index (κ1) is 14.3. The summed E-state index contributed by atoms with van der Waals surface area (Å²) in [7, 11) is 2.05. The lowest BCUT2D eigenvalue weighted by Crippen LogP contribution is -2.17. The monoisotopic (exact) mass is 273 g/mol. The molecule has 2 aromatic rings. The fourth-order valence-corrected chi connectivity index (χ4v) is 3.31. The molecule has 1 unspecified atom stereocenters. The van der Waals surface area contributed by atoms with E-state index in [9.17, 15) is 0 Å². The summed E-state index contributed by atoms with van der Waals surface area (Å²) in [5, 5.41) is 3.44. The van der Waals surface area contributed by atoms with E-state index in [1.165, 1.54) is 15.3 Å². The summed E-state index contributed by atoms with van der Waals surface area (Å²) in [5.41, 5.74) is 1.63. The number of likely N-dealkylation sites (N-methyl/N-ethyl adjacent to an activating group) is 1. The lowest BCUT2D eigenvalue weighted by atomic mass is 9.95. The van der Waals surface area contributed by atoms with Crippen LogP contribution in [0.4, 0.5) is 0 Å². The first-order valence-corrected chi connectivity index (χ1v) is 7.64. The van der Waals surface area contributed by atoms with E-state index in [4.69, 9.17) is 0 Å². The summed E-state index contributed by atoms with van der Waals surface area (Å²) >= 11 is 1.93. The second-order valence-electron chi connectivity index (χ2n) is 5.98. The van der Waals surface area contributed by atoms with Gasteiger partial charge in [-0.25, -0.2) is 0 Å². The van der Waals surface area contributed by atoms with Crippen molar-refractivity contribution in [3.05, 3.63) is 57.8 Å². The number of thiophene rings is 1. The van der Waals surface area contributed by atoms with E-state index in [0.717, 1.165) is 6.42 Å². The van der Waals surface area contributed by atoms with Gasteiger partial charge in [-0.1, -0.05) is 51.1 Å². The number of hydrogen-bond acceptors (Lipinski definition) is 2. The summed E-state index contributed by atoms with van der Waals surface area (Å²) < 4.78 is 0. The molecule has 0 saturated carbocycles. The molecular formula is C17H23NS. The van der Waals surface area contributed by atoms with Crippen LogP contribution in [0.3, 0.4) is 0 Å². The average Bonchev–Trinajstić information content (AvgIpc) is 2.86. The highest BCUT2D eigenvalue weighted by Crippen LogP contribution is 2.33. The summed E-state index contributed by atoms with van der Waals surface area (Å²) in [6.45, 7) is 6.82. The van der Waals surface area contributed by atoms with Crippen molar-refractivity contribution >= 4 is 11.3 Å². The Hall–Kier alpha value is -1.12. The zero-order chi connectivity index (χ0) is 13.9. The molecule has 0 aliphatic heterocycles. The van der Waals surface area contributed by atoms with Gasteiger partial charge in [-0.2, -0.15) is 0 Å². The highest BCUT2D eigenvalue weighted by atomic mass is 32.1. The van der Waals surface area contributed by atoms with Gasteiger partial charge in [-0.15, -0.1) is 11.3 Å². The third-order valence-electron chi connectivity index (χ3n) is 3.34. The third kappa shape index (κ3) is 3.68. The van der Waals surface area contributed by atoms with E-state index < -0.39 is 0 Å². The van der Waals surface area contributed by atoms with Gasteiger partial charge in [-0.05, 0) is 36.6 Å². The van der Waals surface area contributed by atoms with Crippen LogP contribution in [-0.4, -0.2) is 7.05 Å². The average molecular weight is 273 g/mol. The molecule has 1 aromatic heterocycles. The molecular weight excluding hydrogens is 250 g/mol. The Balaban J connectivity index is 2.16. The van der Waals surface area contributed by atoms with Crippen molar-refractivity contribution in [1.82, 2.24) is 5.32 Å². The molecule has 0 amide bonds. The lowest BCUT2D eigenvalue weighted by molar-refractivity contribution is 0.601. The third-order valence-corrected chi connectivity index (χ3v) is 4.97. The molecule has 1 nitrogen and oxygen atoms in total. The second-order valence-corrected chi connectivity index (χ2v) is 7.10. The largest absolute Gasteiger partial charge is 0.312 e. The SMILES string of the molecule is CNC(Cc1ccccc1)c1ccc(C(C)(C)C)s1. The molecule has 0 spiro atoms. The standard InChI is InChI=1S/C17H23NS/c1-17(2,3)16-11-10-15(19-16)14(18-4)12-13-8-6-5-7-9-13/h5-11,14,18H,12H2,1-4H3. The Morgan fingerprint density at radius 2 is 1.74 bits per heavy atom. The van der Waals surface area contributed by atoms with E-state index in [1.807, 2.05) is 18.4 Å². The zero-order valence-electron chi connectivity index (χ0n) is 12.2. The number of benzene rings is 1.